The summed E-state index contributed by atoms with van der Waals surface area (Å²) in [5, 5.41) is 0. The van der Waals surface area contributed by atoms with Crippen LogP contribution in [0.4, 0.5) is 13.2 Å². The fourth-order valence-corrected chi connectivity index (χ4v) is 0.905. The van der Waals surface area contributed by atoms with E-state index in [9.17, 15) is 22.8 Å². The molecule has 1 rings (SSSR count). The molecule has 7 heteroatoms. The fraction of sp³-hybridized carbons (Fsp3) is 0.111. The lowest BCUT2D eigenvalue weighted by molar-refractivity contribution is -0.274. The number of hydrogen-bond acceptors (Lipinski definition) is 3. The topological polar surface area (TPSA) is 55.7 Å². The van der Waals surface area contributed by atoms with Crippen LogP contribution in [-0.2, 0) is 4.79 Å². The number of nitrogens with zero attached hydrogens (tertiary/aromatic N) is 1. The number of benzene rings is 1. The number of alkyl halides is 3. The number of aliphatic imine (C=N–C) groups is 1. The van der Waals surface area contributed by atoms with Gasteiger partial charge < -0.3 is 4.74 Å². The van der Waals surface area contributed by atoms with Gasteiger partial charge in [-0.1, -0.05) is 0 Å². The number of ether oxygens (including phenoxy) is 1. The Morgan fingerprint density at radius 2 is 1.81 bits per heavy atom. The lowest BCUT2D eigenvalue weighted by Gasteiger charge is -2.08. The van der Waals surface area contributed by atoms with Crippen molar-refractivity contribution in [3.63, 3.8) is 0 Å². The molecule has 1 amide bonds. The van der Waals surface area contributed by atoms with Crippen LogP contribution in [-0.4, -0.2) is 18.3 Å². The van der Waals surface area contributed by atoms with Crippen LogP contribution in [0.3, 0.4) is 0 Å². The summed E-state index contributed by atoms with van der Waals surface area (Å²) in [5.74, 6) is -1.34. The van der Waals surface area contributed by atoms with E-state index in [4.69, 9.17) is 0 Å². The number of isocyanates is 1. The fourth-order valence-electron chi connectivity index (χ4n) is 0.905. The molecule has 0 aliphatic rings. The van der Waals surface area contributed by atoms with Gasteiger partial charge in [0.05, 0.1) is 0 Å². The average Bonchev–Trinajstić information content (AvgIpc) is 2.16. The van der Waals surface area contributed by atoms with Crippen LogP contribution in [0.15, 0.2) is 29.3 Å². The van der Waals surface area contributed by atoms with Crippen LogP contribution in [0.2, 0.25) is 0 Å². The van der Waals surface area contributed by atoms with Crippen molar-refractivity contribution in [2.75, 3.05) is 0 Å². The van der Waals surface area contributed by atoms with Crippen LogP contribution in [0, 0.1) is 0 Å². The third-order valence-corrected chi connectivity index (χ3v) is 1.48. The highest BCUT2D eigenvalue weighted by Crippen LogP contribution is 2.22. The zero-order valence-electron chi connectivity index (χ0n) is 7.62. The minimum absolute atomic E-state index is 0.0297. The Hall–Kier alpha value is -2.14. The second-order valence-corrected chi connectivity index (χ2v) is 2.58. The molecule has 84 valence electrons. The lowest BCUT2D eigenvalue weighted by Crippen LogP contribution is -2.17. The summed E-state index contributed by atoms with van der Waals surface area (Å²) in [5.41, 5.74) is -0.0297. The van der Waals surface area contributed by atoms with Gasteiger partial charge in [0.1, 0.15) is 5.75 Å². The molecule has 0 spiro atoms. The van der Waals surface area contributed by atoms with Gasteiger partial charge in [0.25, 0.3) is 5.91 Å². The molecule has 0 aliphatic heterocycles. The Balaban J connectivity index is 2.83. The largest absolute Gasteiger partial charge is 0.573 e. The SMILES string of the molecule is O=C=NC(=O)c1ccc(OC(F)(F)F)cc1. The van der Waals surface area contributed by atoms with Gasteiger partial charge in [-0.05, 0) is 24.3 Å². The molecule has 1 aromatic rings. The second-order valence-electron chi connectivity index (χ2n) is 2.58. The van der Waals surface area contributed by atoms with E-state index >= 15 is 0 Å². The molecule has 1 aromatic carbocycles. The van der Waals surface area contributed by atoms with Crippen molar-refractivity contribution in [2.24, 2.45) is 4.99 Å². The van der Waals surface area contributed by atoms with E-state index in [0.29, 0.717) is 0 Å². The first-order valence-electron chi connectivity index (χ1n) is 3.90. The zero-order chi connectivity index (χ0) is 12.2. The molecule has 0 bridgehead atoms. The van der Waals surface area contributed by atoms with Crippen molar-refractivity contribution in [1.82, 2.24) is 0 Å². The molecular formula is C9H4F3NO3. The monoisotopic (exact) mass is 231 g/mol. The Labute approximate surface area is 87.4 Å². The summed E-state index contributed by atoms with van der Waals surface area (Å²) in [4.78, 5) is 23.5. The molecule has 0 unspecified atom stereocenters. The smallest absolute Gasteiger partial charge is 0.406 e. The van der Waals surface area contributed by atoms with Gasteiger partial charge in [-0.2, -0.15) is 0 Å². The van der Waals surface area contributed by atoms with E-state index in [1.54, 1.807) is 0 Å². The maximum absolute atomic E-state index is 11.8. The second kappa shape index (κ2) is 4.59. The molecule has 0 N–H and O–H groups in total. The van der Waals surface area contributed by atoms with Gasteiger partial charge in [-0.25, -0.2) is 4.79 Å². The molecular weight excluding hydrogens is 227 g/mol. The Kier molecular flexibility index (Phi) is 3.42. The van der Waals surface area contributed by atoms with E-state index in [1.165, 1.54) is 0 Å². The highest BCUT2D eigenvalue weighted by molar-refractivity contribution is 5.97. The van der Waals surface area contributed by atoms with Crippen LogP contribution in [0.25, 0.3) is 0 Å². The molecule has 0 saturated heterocycles. The van der Waals surface area contributed by atoms with Crippen molar-refractivity contribution in [3.8, 4) is 5.75 Å². The number of carbonyl (C=O) groups excluding carboxylic acids is 2. The summed E-state index contributed by atoms with van der Waals surface area (Å²) in [6.45, 7) is 0. The minimum atomic E-state index is -4.79. The number of hydrogen-bond donors (Lipinski definition) is 0. The van der Waals surface area contributed by atoms with E-state index in [2.05, 4.69) is 9.73 Å². The van der Waals surface area contributed by atoms with Crippen LogP contribution in [0.5, 0.6) is 5.75 Å². The third kappa shape index (κ3) is 3.55. The highest BCUT2D eigenvalue weighted by atomic mass is 19.4. The first-order valence-corrected chi connectivity index (χ1v) is 3.90. The molecule has 0 atom stereocenters. The summed E-state index contributed by atoms with van der Waals surface area (Å²) in [6.07, 6.45) is -3.75. The third-order valence-electron chi connectivity index (χ3n) is 1.48. The zero-order valence-corrected chi connectivity index (χ0v) is 7.62. The summed E-state index contributed by atoms with van der Waals surface area (Å²) in [6, 6.07) is 4.01. The summed E-state index contributed by atoms with van der Waals surface area (Å²) in [7, 11) is 0. The predicted octanol–water partition coefficient (Wildman–Crippen LogP) is 2.06. The van der Waals surface area contributed by atoms with Gasteiger partial charge >= 0.3 is 6.36 Å². The lowest BCUT2D eigenvalue weighted by atomic mass is 10.2. The van der Waals surface area contributed by atoms with Crippen LogP contribution >= 0.6 is 0 Å². The number of amides is 1. The van der Waals surface area contributed by atoms with Crippen molar-refractivity contribution < 1.29 is 27.5 Å². The Morgan fingerprint density at radius 3 is 2.25 bits per heavy atom. The molecule has 0 aromatic heterocycles. The maximum atomic E-state index is 11.8. The summed E-state index contributed by atoms with van der Waals surface area (Å²) < 4.78 is 38.9. The quantitative estimate of drug-likeness (QED) is 0.578. The first-order chi connectivity index (χ1) is 7.42. The number of halogens is 3. The molecule has 4 nitrogen and oxygen atoms in total. The number of carbonyl (C=O) groups is 1. The number of rotatable bonds is 2. The van der Waals surface area contributed by atoms with Gasteiger partial charge in [0, 0.05) is 5.56 Å². The van der Waals surface area contributed by atoms with Crippen molar-refractivity contribution >= 4 is 12.0 Å². The minimum Gasteiger partial charge on any atom is -0.406 e. The van der Waals surface area contributed by atoms with E-state index < -0.39 is 18.0 Å². The normalized spacial score (nSPS) is 10.4. The average molecular weight is 231 g/mol. The Morgan fingerprint density at radius 1 is 1.25 bits per heavy atom. The molecule has 16 heavy (non-hydrogen) atoms. The van der Waals surface area contributed by atoms with Crippen LogP contribution < -0.4 is 4.74 Å². The van der Waals surface area contributed by atoms with Crippen molar-refractivity contribution in [2.45, 2.75) is 6.36 Å². The summed E-state index contributed by atoms with van der Waals surface area (Å²) >= 11 is 0. The van der Waals surface area contributed by atoms with Gasteiger partial charge in [0.2, 0.25) is 6.08 Å². The van der Waals surface area contributed by atoms with E-state index in [0.717, 1.165) is 30.3 Å². The highest BCUT2D eigenvalue weighted by Gasteiger charge is 2.30. The maximum Gasteiger partial charge on any atom is 0.573 e. The molecule has 0 fully saturated rings. The van der Waals surface area contributed by atoms with Gasteiger partial charge in [-0.3, -0.25) is 4.79 Å². The van der Waals surface area contributed by atoms with Gasteiger partial charge in [0.15, 0.2) is 0 Å². The first kappa shape index (κ1) is 11.9. The van der Waals surface area contributed by atoms with Gasteiger partial charge in [-0.15, -0.1) is 18.2 Å². The molecule has 0 saturated carbocycles. The molecule has 0 heterocycles. The molecule has 0 radical (unpaired) electrons. The van der Waals surface area contributed by atoms with Crippen molar-refractivity contribution in [3.05, 3.63) is 29.8 Å². The van der Waals surface area contributed by atoms with Crippen LogP contribution in [0.1, 0.15) is 10.4 Å². The predicted molar refractivity (Wildman–Crippen MR) is 45.6 cm³/mol. The van der Waals surface area contributed by atoms with E-state index in [-0.39, 0.29) is 5.56 Å². The van der Waals surface area contributed by atoms with Crippen molar-refractivity contribution in [1.29, 1.82) is 0 Å². The molecule has 0 aliphatic carbocycles. The Bertz CT molecular complexity index is 432. The standard InChI is InChI=1S/C9H4F3NO3/c10-9(11,12)16-7-3-1-6(2-4-7)8(15)13-5-14/h1-4H. The van der Waals surface area contributed by atoms with E-state index in [1.807, 2.05) is 0 Å².